The number of methoxy groups -OCH3 is 2. The van der Waals surface area contributed by atoms with E-state index in [-0.39, 0.29) is 0 Å². The molecule has 0 atom stereocenters. The van der Waals surface area contributed by atoms with Crippen molar-refractivity contribution >= 4 is 5.69 Å². The summed E-state index contributed by atoms with van der Waals surface area (Å²) in [4.78, 5) is 4.78. The van der Waals surface area contributed by atoms with Gasteiger partial charge in [-0.2, -0.15) is 0 Å². The van der Waals surface area contributed by atoms with Crippen molar-refractivity contribution in [1.82, 2.24) is 9.80 Å². The van der Waals surface area contributed by atoms with Gasteiger partial charge in [-0.3, -0.25) is 4.90 Å². The Balaban J connectivity index is 2.13. The molecule has 0 aliphatic carbocycles. The number of rotatable bonds is 5. The van der Waals surface area contributed by atoms with Crippen LogP contribution in [0.2, 0.25) is 0 Å². The number of ether oxygens (including phenoxy) is 2. The van der Waals surface area contributed by atoms with E-state index in [0.717, 1.165) is 30.9 Å². The summed E-state index contributed by atoms with van der Waals surface area (Å²) in [7, 11) is 7.67. The van der Waals surface area contributed by atoms with E-state index in [2.05, 4.69) is 23.9 Å². The highest BCUT2D eigenvalue weighted by Gasteiger charge is 2.22. The summed E-state index contributed by atoms with van der Waals surface area (Å²) in [6.45, 7) is 3.14. The van der Waals surface area contributed by atoms with E-state index >= 15 is 0 Å². The fourth-order valence-electron chi connectivity index (χ4n) is 3.02. The Bertz CT molecular complexity index is 471. The molecule has 1 saturated heterocycles. The lowest BCUT2D eigenvalue weighted by Crippen LogP contribution is -2.41. The minimum absolute atomic E-state index is 0.610. The summed E-state index contributed by atoms with van der Waals surface area (Å²) in [5.74, 6) is 1.48. The van der Waals surface area contributed by atoms with Crippen molar-refractivity contribution in [3.8, 4) is 11.5 Å². The molecule has 2 N–H and O–H groups in total. The maximum Gasteiger partial charge on any atom is 0.165 e. The normalized spacial score (nSPS) is 17.2. The average molecular weight is 293 g/mol. The van der Waals surface area contributed by atoms with Crippen LogP contribution < -0.4 is 15.2 Å². The summed E-state index contributed by atoms with van der Waals surface area (Å²) in [5.41, 5.74) is 7.76. The third kappa shape index (κ3) is 3.80. The molecule has 0 bridgehead atoms. The number of nitrogen functional groups attached to an aromatic ring is 1. The van der Waals surface area contributed by atoms with Gasteiger partial charge in [0.2, 0.25) is 0 Å². The zero-order valence-corrected chi connectivity index (χ0v) is 13.6. The van der Waals surface area contributed by atoms with Crippen LogP contribution in [0.3, 0.4) is 0 Å². The molecule has 1 fully saturated rings. The third-order valence-electron chi connectivity index (χ3n) is 4.31. The van der Waals surface area contributed by atoms with E-state index in [0.29, 0.717) is 17.5 Å². The molecule has 0 unspecified atom stereocenters. The molecule has 0 radical (unpaired) electrons. The quantitative estimate of drug-likeness (QED) is 0.839. The minimum atomic E-state index is 0.610. The van der Waals surface area contributed by atoms with Gasteiger partial charge < -0.3 is 20.1 Å². The van der Waals surface area contributed by atoms with E-state index in [1.807, 2.05) is 6.07 Å². The van der Waals surface area contributed by atoms with E-state index in [4.69, 9.17) is 15.2 Å². The van der Waals surface area contributed by atoms with Crippen LogP contribution >= 0.6 is 0 Å². The highest BCUT2D eigenvalue weighted by atomic mass is 16.5. The number of hydrogen-bond donors (Lipinski definition) is 1. The molecule has 0 amide bonds. The smallest absolute Gasteiger partial charge is 0.165 e. The van der Waals surface area contributed by atoms with Crippen molar-refractivity contribution in [1.29, 1.82) is 0 Å². The second-order valence-electron chi connectivity index (χ2n) is 5.87. The topological polar surface area (TPSA) is 51.0 Å². The highest BCUT2D eigenvalue weighted by molar-refractivity contribution is 5.57. The van der Waals surface area contributed by atoms with Crippen LogP contribution in [0, 0.1) is 0 Å². The van der Waals surface area contributed by atoms with Crippen molar-refractivity contribution in [2.45, 2.75) is 25.4 Å². The van der Waals surface area contributed by atoms with Crippen LogP contribution in [0.4, 0.5) is 5.69 Å². The zero-order chi connectivity index (χ0) is 15.4. The molecule has 0 spiro atoms. The Kier molecular flexibility index (Phi) is 5.31. The van der Waals surface area contributed by atoms with Gasteiger partial charge in [0.05, 0.1) is 14.2 Å². The Hall–Kier alpha value is -1.46. The molecule has 1 aliphatic rings. The highest BCUT2D eigenvalue weighted by Crippen LogP contribution is 2.34. The molecule has 1 aromatic carbocycles. The summed E-state index contributed by atoms with van der Waals surface area (Å²) in [5, 5.41) is 0. The van der Waals surface area contributed by atoms with Gasteiger partial charge in [0.25, 0.3) is 0 Å². The van der Waals surface area contributed by atoms with Crippen LogP contribution in [0.15, 0.2) is 12.1 Å². The number of hydrogen-bond acceptors (Lipinski definition) is 5. The molecule has 1 heterocycles. The van der Waals surface area contributed by atoms with Crippen LogP contribution in [0.1, 0.15) is 18.4 Å². The molecule has 2 rings (SSSR count). The lowest BCUT2D eigenvalue weighted by Gasteiger charge is -2.35. The summed E-state index contributed by atoms with van der Waals surface area (Å²) in [6, 6.07) is 4.39. The monoisotopic (exact) mass is 293 g/mol. The zero-order valence-electron chi connectivity index (χ0n) is 13.6. The molecule has 1 aromatic rings. The first-order valence-corrected chi connectivity index (χ1v) is 7.44. The Morgan fingerprint density at radius 2 is 1.90 bits per heavy atom. The fourth-order valence-corrected chi connectivity index (χ4v) is 3.02. The standard InChI is InChI=1S/C16H27N3O2/c1-18-7-5-14(6-8-18)19(2)11-12-9-13(17)10-15(20-3)16(12)21-4/h9-10,14H,5-8,11,17H2,1-4H3. The van der Waals surface area contributed by atoms with E-state index in [9.17, 15) is 0 Å². The van der Waals surface area contributed by atoms with Crippen LogP contribution in [-0.2, 0) is 6.54 Å². The predicted molar refractivity (Wildman–Crippen MR) is 85.9 cm³/mol. The van der Waals surface area contributed by atoms with Crippen LogP contribution in [0.25, 0.3) is 0 Å². The second kappa shape index (κ2) is 7.00. The summed E-state index contributed by atoms with van der Waals surface area (Å²) in [6.07, 6.45) is 2.41. The fraction of sp³-hybridized carbons (Fsp3) is 0.625. The van der Waals surface area contributed by atoms with Crippen molar-refractivity contribution in [2.24, 2.45) is 0 Å². The molecule has 0 aromatic heterocycles. The largest absolute Gasteiger partial charge is 0.493 e. The van der Waals surface area contributed by atoms with Gasteiger partial charge in [-0.1, -0.05) is 0 Å². The van der Waals surface area contributed by atoms with E-state index in [1.54, 1.807) is 20.3 Å². The van der Waals surface area contributed by atoms with Crippen molar-refractivity contribution in [3.63, 3.8) is 0 Å². The second-order valence-corrected chi connectivity index (χ2v) is 5.87. The molecule has 5 heteroatoms. The van der Waals surface area contributed by atoms with Gasteiger partial charge in [0.1, 0.15) is 0 Å². The molecule has 0 saturated carbocycles. The number of piperidine rings is 1. The molecule has 1 aliphatic heterocycles. The Labute approximate surface area is 127 Å². The lowest BCUT2D eigenvalue weighted by molar-refractivity contribution is 0.138. The number of benzene rings is 1. The molecule has 5 nitrogen and oxygen atoms in total. The van der Waals surface area contributed by atoms with Gasteiger partial charge >= 0.3 is 0 Å². The maximum absolute atomic E-state index is 5.97. The van der Waals surface area contributed by atoms with Crippen molar-refractivity contribution < 1.29 is 9.47 Å². The molecule has 118 valence electrons. The number of nitrogens with zero attached hydrogens (tertiary/aromatic N) is 2. The van der Waals surface area contributed by atoms with Gasteiger partial charge in [0, 0.05) is 29.9 Å². The predicted octanol–water partition coefficient (Wildman–Crippen LogP) is 1.81. The minimum Gasteiger partial charge on any atom is -0.493 e. The van der Waals surface area contributed by atoms with Gasteiger partial charge in [-0.15, -0.1) is 0 Å². The summed E-state index contributed by atoms with van der Waals surface area (Å²) < 4.78 is 10.9. The third-order valence-corrected chi connectivity index (χ3v) is 4.31. The van der Waals surface area contributed by atoms with Gasteiger partial charge in [0.15, 0.2) is 11.5 Å². The number of anilines is 1. The van der Waals surface area contributed by atoms with Gasteiger partial charge in [-0.05, 0) is 46.1 Å². The molecule has 21 heavy (non-hydrogen) atoms. The number of nitrogens with two attached hydrogens (primary N) is 1. The van der Waals surface area contributed by atoms with Crippen molar-refractivity contribution in [3.05, 3.63) is 17.7 Å². The first kappa shape index (κ1) is 15.9. The van der Waals surface area contributed by atoms with E-state index in [1.165, 1.54) is 12.8 Å². The van der Waals surface area contributed by atoms with Crippen LogP contribution in [-0.4, -0.2) is 57.2 Å². The Morgan fingerprint density at radius 3 is 2.48 bits per heavy atom. The first-order chi connectivity index (χ1) is 10.0. The van der Waals surface area contributed by atoms with Crippen LogP contribution in [0.5, 0.6) is 11.5 Å². The van der Waals surface area contributed by atoms with Gasteiger partial charge in [-0.25, -0.2) is 0 Å². The molecular weight excluding hydrogens is 266 g/mol. The first-order valence-electron chi connectivity index (χ1n) is 7.44. The van der Waals surface area contributed by atoms with Crippen molar-refractivity contribution in [2.75, 3.05) is 47.1 Å². The molecular formula is C16H27N3O2. The van der Waals surface area contributed by atoms with E-state index < -0.39 is 0 Å². The summed E-state index contributed by atoms with van der Waals surface area (Å²) >= 11 is 0. The SMILES string of the molecule is COc1cc(N)cc(CN(C)C2CCN(C)CC2)c1OC. The Morgan fingerprint density at radius 1 is 1.24 bits per heavy atom. The average Bonchev–Trinajstić information content (AvgIpc) is 2.47. The number of likely N-dealkylation sites (tertiary alicyclic amines) is 1. The maximum atomic E-state index is 5.97. The lowest BCUT2D eigenvalue weighted by atomic mass is 10.0.